The van der Waals surface area contributed by atoms with E-state index < -0.39 is 5.97 Å². The molecule has 0 bridgehead atoms. The number of hydrogen-bond acceptors (Lipinski definition) is 3. The van der Waals surface area contributed by atoms with E-state index in [2.05, 4.69) is 4.98 Å². The molecule has 2 fully saturated rings. The van der Waals surface area contributed by atoms with Gasteiger partial charge in [0.25, 0.3) is 0 Å². The Bertz CT molecular complexity index is 374. The number of carbonyl (C=O) groups is 1. The highest BCUT2D eigenvalue weighted by Crippen LogP contribution is 2.62. The molecule has 3 rings (SSSR count). The zero-order chi connectivity index (χ0) is 9.71. The molecule has 0 aliphatic heterocycles. The maximum atomic E-state index is 10.6. The maximum absolute atomic E-state index is 10.6. The third kappa shape index (κ3) is 0.997. The third-order valence-electron chi connectivity index (χ3n) is 3.43. The second-order valence-electron chi connectivity index (χ2n) is 4.16. The number of rotatable bonds is 2. The van der Waals surface area contributed by atoms with Crippen LogP contribution in [0, 0.1) is 11.8 Å². The fourth-order valence-electron chi connectivity index (χ4n) is 2.73. The smallest absolute Gasteiger partial charge is 0.357 e. The normalized spacial score (nSPS) is 34.1. The van der Waals surface area contributed by atoms with Gasteiger partial charge in [-0.3, -0.25) is 0 Å². The molecule has 2 saturated carbocycles. The predicted octanol–water partition coefficient (Wildman–Crippen LogP) is 1.89. The first kappa shape index (κ1) is 8.03. The molecule has 14 heavy (non-hydrogen) atoms. The molecule has 4 nitrogen and oxygen atoms in total. The summed E-state index contributed by atoms with van der Waals surface area (Å²) in [4.78, 5) is 14.6. The highest BCUT2D eigenvalue weighted by Gasteiger charge is 2.55. The largest absolute Gasteiger partial charge is 0.476 e. The molecule has 2 aliphatic rings. The summed E-state index contributed by atoms with van der Waals surface area (Å²) in [6, 6.07) is 0. The van der Waals surface area contributed by atoms with Crippen LogP contribution in [0.4, 0.5) is 0 Å². The second kappa shape index (κ2) is 2.59. The maximum Gasteiger partial charge on any atom is 0.357 e. The SMILES string of the molecule is O=C(O)c1coc(C2C3CCCC32)n1. The molecule has 74 valence electrons. The van der Waals surface area contributed by atoms with Crippen LogP contribution in [0.25, 0.3) is 0 Å². The van der Waals surface area contributed by atoms with E-state index in [1.54, 1.807) is 0 Å². The Morgan fingerprint density at radius 1 is 1.50 bits per heavy atom. The van der Waals surface area contributed by atoms with Gasteiger partial charge >= 0.3 is 5.97 Å². The van der Waals surface area contributed by atoms with Crippen LogP contribution < -0.4 is 0 Å². The van der Waals surface area contributed by atoms with Gasteiger partial charge in [-0.2, -0.15) is 0 Å². The van der Waals surface area contributed by atoms with Crippen LogP contribution in [-0.2, 0) is 0 Å². The van der Waals surface area contributed by atoms with Crippen molar-refractivity contribution in [2.75, 3.05) is 0 Å². The summed E-state index contributed by atoms with van der Waals surface area (Å²) in [5, 5.41) is 8.68. The summed E-state index contributed by atoms with van der Waals surface area (Å²) in [6.45, 7) is 0. The van der Waals surface area contributed by atoms with Gasteiger partial charge in [0.15, 0.2) is 11.6 Å². The molecule has 1 aromatic rings. The average Bonchev–Trinajstić information content (AvgIpc) is 2.63. The molecule has 0 aromatic carbocycles. The lowest BCUT2D eigenvalue weighted by Gasteiger charge is -1.95. The van der Waals surface area contributed by atoms with Gasteiger partial charge in [0.1, 0.15) is 6.26 Å². The minimum absolute atomic E-state index is 0.0324. The van der Waals surface area contributed by atoms with Gasteiger partial charge in [-0.1, -0.05) is 6.42 Å². The van der Waals surface area contributed by atoms with E-state index in [1.807, 2.05) is 0 Å². The quantitative estimate of drug-likeness (QED) is 0.778. The van der Waals surface area contributed by atoms with Crippen molar-refractivity contribution in [1.29, 1.82) is 0 Å². The number of carboxylic acid groups (broad SMARTS) is 1. The number of carboxylic acids is 1. The highest BCUT2D eigenvalue weighted by atomic mass is 16.4. The van der Waals surface area contributed by atoms with Crippen LogP contribution in [0.5, 0.6) is 0 Å². The zero-order valence-electron chi connectivity index (χ0n) is 7.64. The van der Waals surface area contributed by atoms with Crippen LogP contribution >= 0.6 is 0 Å². The molecule has 0 saturated heterocycles. The Labute approximate surface area is 80.9 Å². The van der Waals surface area contributed by atoms with Crippen molar-refractivity contribution in [3.05, 3.63) is 17.8 Å². The molecule has 1 aromatic heterocycles. The monoisotopic (exact) mass is 193 g/mol. The van der Waals surface area contributed by atoms with E-state index in [4.69, 9.17) is 9.52 Å². The van der Waals surface area contributed by atoms with Crippen molar-refractivity contribution in [2.24, 2.45) is 11.8 Å². The van der Waals surface area contributed by atoms with Crippen molar-refractivity contribution in [2.45, 2.75) is 25.2 Å². The Hall–Kier alpha value is -1.32. The minimum Gasteiger partial charge on any atom is -0.476 e. The standard InChI is InChI=1S/C10H11NO3/c12-10(13)7-4-14-9(11-7)8-5-2-1-3-6(5)8/h4-6,8H,1-3H2,(H,12,13). The van der Waals surface area contributed by atoms with Gasteiger partial charge in [-0.05, 0) is 24.7 Å². The first-order valence-electron chi connectivity index (χ1n) is 4.96. The second-order valence-corrected chi connectivity index (χ2v) is 4.16. The zero-order valence-corrected chi connectivity index (χ0v) is 7.64. The van der Waals surface area contributed by atoms with Crippen LogP contribution in [0.3, 0.4) is 0 Å². The van der Waals surface area contributed by atoms with Crippen molar-refractivity contribution < 1.29 is 14.3 Å². The summed E-state index contributed by atoms with van der Waals surface area (Å²) in [6.07, 6.45) is 5.05. The molecule has 1 N–H and O–H groups in total. The molecule has 0 amide bonds. The summed E-state index contributed by atoms with van der Waals surface area (Å²) >= 11 is 0. The Morgan fingerprint density at radius 3 is 2.79 bits per heavy atom. The van der Waals surface area contributed by atoms with Crippen LogP contribution in [0.2, 0.25) is 0 Å². The minimum atomic E-state index is -1.01. The number of nitrogens with zero attached hydrogens (tertiary/aromatic N) is 1. The van der Waals surface area contributed by atoms with E-state index in [1.165, 1.54) is 25.5 Å². The Balaban J connectivity index is 1.82. The van der Waals surface area contributed by atoms with E-state index in [-0.39, 0.29) is 5.69 Å². The Morgan fingerprint density at radius 2 is 2.21 bits per heavy atom. The number of fused-ring (bicyclic) bond motifs is 1. The lowest BCUT2D eigenvalue weighted by atomic mass is 10.1. The van der Waals surface area contributed by atoms with Gasteiger partial charge < -0.3 is 9.52 Å². The fourth-order valence-corrected chi connectivity index (χ4v) is 2.73. The molecule has 2 aliphatic carbocycles. The Kier molecular flexibility index (Phi) is 1.48. The van der Waals surface area contributed by atoms with Gasteiger partial charge in [-0.15, -0.1) is 0 Å². The van der Waals surface area contributed by atoms with E-state index in [0.717, 1.165) is 11.8 Å². The number of aromatic nitrogens is 1. The molecule has 1 heterocycles. The van der Waals surface area contributed by atoms with Crippen molar-refractivity contribution in [1.82, 2.24) is 4.98 Å². The molecule has 2 atom stereocenters. The summed E-state index contributed by atoms with van der Waals surface area (Å²) < 4.78 is 5.19. The average molecular weight is 193 g/mol. The number of aromatic carboxylic acids is 1. The van der Waals surface area contributed by atoms with Crippen molar-refractivity contribution >= 4 is 5.97 Å². The summed E-state index contributed by atoms with van der Waals surface area (Å²) in [5.41, 5.74) is 0.0324. The molecule has 4 heteroatoms. The lowest BCUT2D eigenvalue weighted by molar-refractivity contribution is 0.0690. The highest BCUT2D eigenvalue weighted by molar-refractivity contribution is 5.84. The molecule has 0 radical (unpaired) electrons. The lowest BCUT2D eigenvalue weighted by Crippen LogP contribution is -1.97. The number of oxazole rings is 1. The molecular formula is C10H11NO3. The van der Waals surface area contributed by atoms with E-state index >= 15 is 0 Å². The van der Waals surface area contributed by atoms with Gasteiger partial charge in [0.2, 0.25) is 0 Å². The first-order valence-corrected chi connectivity index (χ1v) is 4.96. The van der Waals surface area contributed by atoms with Crippen molar-refractivity contribution in [3.8, 4) is 0 Å². The van der Waals surface area contributed by atoms with Crippen LogP contribution in [-0.4, -0.2) is 16.1 Å². The first-order chi connectivity index (χ1) is 6.77. The van der Waals surface area contributed by atoms with Crippen LogP contribution in [0.15, 0.2) is 10.7 Å². The molecule has 2 unspecified atom stereocenters. The predicted molar refractivity (Wildman–Crippen MR) is 47.0 cm³/mol. The van der Waals surface area contributed by atoms with Crippen molar-refractivity contribution in [3.63, 3.8) is 0 Å². The van der Waals surface area contributed by atoms with Gasteiger partial charge in [0.05, 0.1) is 0 Å². The van der Waals surface area contributed by atoms with Crippen LogP contribution in [0.1, 0.15) is 41.6 Å². The summed E-state index contributed by atoms with van der Waals surface area (Å²) in [7, 11) is 0. The topological polar surface area (TPSA) is 63.3 Å². The molecule has 0 spiro atoms. The van der Waals surface area contributed by atoms with Gasteiger partial charge in [0, 0.05) is 5.92 Å². The van der Waals surface area contributed by atoms with E-state index in [0.29, 0.717) is 11.8 Å². The van der Waals surface area contributed by atoms with E-state index in [9.17, 15) is 4.79 Å². The molecular weight excluding hydrogens is 182 g/mol. The van der Waals surface area contributed by atoms with Gasteiger partial charge in [-0.25, -0.2) is 9.78 Å². The fraction of sp³-hybridized carbons (Fsp3) is 0.600. The third-order valence-corrected chi connectivity index (χ3v) is 3.43. The summed E-state index contributed by atoms with van der Waals surface area (Å²) in [5.74, 6) is 1.48. The number of hydrogen-bond donors (Lipinski definition) is 1.